The third-order valence-corrected chi connectivity index (χ3v) is 5.47. The molecule has 1 saturated heterocycles. The van der Waals surface area contributed by atoms with Crippen LogP contribution in [0.4, 0.5) is 14.5 Å². The first-order chi connectivity index (χ1) is 13.9. The quantitative estimate of drug-likeness (QED) is 0.780. The summed E-state index contributed by atoms with van der Waals surface area (Å²) < 4.78 is 32.1. The maximum Gasteiger partial charge on any atom is 0.242 e. The van der Waals surface area contributed by atoms with Crippen molar-refractivity contribution in [3.8, 4) is 5.75 Å². The van der Waals surface area contributed by atoms with E-state index >= 15 is 0 Å². The number of hydrogen-bond donors (Lipinski definition) is 1. The number of para-hydroxylation sites is 2. The number of benzene rings is 2. The van der Waals surface area contributed by atoms with E-state index < -0.39 is 16.9 Å². The Kier molecular flexibility index (Phi) is 6.48. The van der Waals surface area contributed by atoms with Crippen molar-refractivity contribution in [2.75, 3.05) is 14.2 Å². The molecule has 2 aromatic rings. The van der Waals surface area contributed by atoms with Gasteiger partial charge in [-0.2, -0.15) is 0 Å². The van der Waals surface area contributed by atoms with Crippen LogP contribution >= 0.6 is 11.8 Å². The van der Waals surface area contributed by atoms with Gasteiger partial charge < -0.3 is 10.1 Å². The zero-order valence-corrected chi connectivity index (χ0v) is 16.6. The molecule has 1 N–H and O–H groups in total. The monoisotopic (exact) mass is 419 g/mol. The topological polar surface area (TPSA) is 71.0 Å². The van der Waals surface area contributed by atoms with Crippen LogP contribution in [0.15, 0.2) is 47.5 Å². The van der Waals surface area contributed by atoms with Crippen LogP contribution in [-0.2, 0) is 16.1 Å². The van der Waals surface area contributed by atoms with E-state index in [9.17, 15) is 18.4 Å². The second kappa shape index (κ2) is 9.04. The minimum atomic E-state index is -0.994. The lowest BCUT2D eigenvalue weighted by molar-refractivity contribution is -0.129. The summed E-state index contributed by atoms with van der Waals surface area (Å²) in [5, 5.41) is 2.20. The van der Waals surface area contributed by atoms with Gasteiger partial charge in [0, 0.05) is 13.5 Å². The lowest BCUT2D eigenvalue weighted by Gasteiger charge is -2.17. The summed E-state index contributed by atoms with van der Waals surface area (Å²) in [5.74, 6) is -2.03. The van der Waals surface area contributed by atoms with Crippen LogP contribution in [0.3, 0.4) is 0 Å². The third kappa shape index (κ3) is 4.73. The molecule has 0 saturated carbocycles. The van der Waals surface area contributed by atoms with Gasteiger partial charge in [-0.05, 0) is 29.8 Å². The van der Waals surface area contributed by atoms with Crippen molar-refractivity contribution in [2.45, 2.75) is 18.2 Å². The summed E-state index contributed by atoms with van der Waals surface area (Å²) in [5.41, 5.74) is 0.923. The van der Waals surface area contributed by atoms with Gasteiger partial charge in [0.05, 0.1) is 13.7 Å². The summed E-state index contributed by atoms with van der Waals surface area (Å²) in [6.07, 6.45) is -0.0147. The molecule has 1 aliphatic heterocycles. The molecule has 1 heterocycles. The fourth-order valence-electron chi connectivity index (χ4n) is 2.79. The maximum absolute atomic E-state index is 13.6. The molecule has 1 unspecified atom stereocenters. The predicted octanol–water partition coefficient (Wildman–Crippen LogP) is 3.24. The van der Waals surface area contributed by atoms with Crippen molar-refractivity contribution in [2.24, 2.45) is 4.99 Å². The summed E-state index contributed by atoms with van der Waals surface area (Å²) >= 11 is 1.15. The first kappa shape index (κ1) is 20.8. The zero-order valence-electron chi connectivity index (χ0n) is 15.8. The standard InChI is InChI=1S/C20H19F2N3O3S/c1-23-18(26)10-17-19(27)25(11-12-7-8-13(21)14(22)9-12)20(29-17)24-15-5-3-4-6-16(15)28-2/h3-9,17H,10-11H2,1-2H3,(H,23,26). The summed E-state index contributed by atoms with van der Waals surface area (Å²) in [7, 11) is 3.01. The Bertz CT molecular complexity index is 968. The Morgan fingerprint density at radius 3 is 2.69 bits per heavy atom. The molecular formula is C20H19F2N3O3S. The fourth-order valence-corrected chi connectivity index (χ4v) is 3.94. The maximum atomic E-state index is 13.6. The molecule has 0 radical (unpaired) electrons. The number of hydrogen-bond acceptors (Lipinski definition) is 5. The molecule has 1 atom stereocenters. The van der Waals surface area contributed by atoms with Crippen LogP contribution in [0, 0.1) is 11.6 Å². The van der Waals surface area contributed by atoms with Crippen molar-refractivity contribution in [3.63, 3.8) is 0 Å². The van der Waals surface area contributed by atoms with Crippen LogP contribution in [0.5, 0.6) is 5.75 Å². The van der Waals surface area contributed by atoms with Crippen LogP contribution in [0.25, 0.3) is 0 Å². The molecule has 0 bridgehead atoms. The first-order valence-corrected chi connectivity index (χ1v) is 9.65. The minimum absolute atomic E-state index is 0.00125. The Balaban J connectivity index is 1.95. The smallest absolute Gasteiger partial charge is 0.242 e. The van der Waals surface area contributed by atoms with Gasteiger partial charge in [0.15, 0.2) is 16.8 Å². The second-order valence-electron chi connectivity index (χ2n) is 6.22. The Morgan fingerprint density at radius 1 is 1.24 bits per heavy atom. The molecule has 3 rings (SSSR count). The molecule has 152 valence electrons. The van der Waals surface area contributed by atoms with Gasteiger partial charge in [0.2, 0.25) is 11.8 Å². The number of ether oxygens (including phenoxy) is 1. The number of amidine groups is 1. The van der Waals surface area contributed by atoms with Gasteiger partial charge in [-0.3, -0.25) is 14.5 Å². The highest BCUT2D eigenvalue weighted by Crippen LogP contribution is 2.35. The van der Waals surface area contributed by atoms with E-state index in [1.165, 1.54) is 25.1 Å². The van der Waals surface area contributed by atoms with E-state index in [1.54, 1.807) is 24.3 Å². The number of carbonyl (C=O) groups is 2. The Hall–Kier alpha value is -2.94. The van der Waals surface area contributed by atoms with Gasteiger partial charge in [0.1, 0.15) is 16.7 Å². The van der Waals surface area contributed by atoms with E-state index in [2.05, 4.69) is 10.3 Å². The van der Waals surface area contributed by atoms with Gasteiger partial charge >= 0.3 is 0 Å². The molecule has 2 amide bonds. The molecule has 0 aliphatic carbocycles. The molecule has 0 spiro atoms. The third-order valence-electron chi connectivity index (χ3n) is 4.30. The molecule has 29 heavy (non-hydrogen) atoms. The number of methoxy groups -OCH3 is 1. The number of nitrogens with zero attached hydrogens (tertiary/aromatic N) is 2. The van der Waals surface area contributed by atoms with Crippen LogP contribution < -0.4 is 10.1 Å². The molecule has 6 nitrogen and oxygen atoms in total. The van der Waals surface area contributed by atoms with Crippen molar-refractivity contribution in [3.05, 3.63) is 59.7 Å². The van der Waals surface area contributed by atoms with Gasteiger partial charge in [-0.1, -0.05) is 30.0 Å². The van der Waals surface area contributed by atoms with E-state index in [0.717, 1.165) is 23.9 Å². The van der Waals surface area contributed by atoms with Crippen molar-refractivity contribution >= 4 is 34.4 Å². The number of thioether (sulfide) groups is 1. The lowest BCUT2D eigenvalue weighted by atomic mass is 10.2. The van der Waals surface area contributed by atoms with Crippen molar-refractivity contribution < 1.29 is 23.1 Å². The number of nitrogens with one attached hydrogen (secondary N) is 1. The average molecular weight is 419 g/mol. The van der Waals surface area contributed by atoms with E-state index in [0.29, 0.717) is 22.2 Å². The van der Waals surface area contributed by atoms with Crippen LogP contribution in [0.2, 0.25) is 0 Å². The molecule has 1 fully saturated rings. The second-order valence-corrected chi connectivity index (χ2v) is 7.39. The molecular weight excluding hydrogens is 400 g/mol. The van der Waals surface area contributed by atoms with E-state index in [1.807, 2.05) is 0 Å². The number of amides is 2. The Morgan fingerprint density at radius 2 is 2.00 bits per heavy atom. The average Bonchev–Trinajstić information content (AvgIpc) is 2.99. The normalized spacial score (nSPS) is 17.7. The predicted molar refractivity (Wildman–Crippen MR) is 107 cm³/mol. The van der Waals surface area contributed by atoms with Crippen molar-refractivity contribution in [1.29, 1.82) is 0 Å². The fraction of sp³-hybridized carbons (Fsp3) is 0.250. The van der Waals surface area contributed by atoms with Crippen LogP contribution in [-0.4, -0.2) is 41.3 Å². The molecule has 2 aromatic carbocycles. The first-order valence-electron chi connectivity index (χ1n) is 8.77. The van der Waals surface area contributed by atoms with Gasteiger partial charge in [-0.25, -0.2) is 13.8 Å². The SMILES string of the molecule is CNC(=O)CC1SC(=Nc2ccccc2OC)N(Cc2ccc(F)c(F)c2)C1=O. The number of carbonyl (C=O) groups excluding carboxylic acids is 2. The number of rotatable bonds is 6. The van der Waals surface area contributed by atoms with Crippen molar-refractivity contribution in [1.82, 2.24) is 10.2 Å². The summed E-state index contributed by atoms with van der Waals surface area (Å²) in [6.45, 7) is 0.00125. The highest BCUT2D eigenvalue weighted by Gasteiger charge is 2.39. The van der Waals surface area contributed by atoms with Crippen LogP contribution in [0.1, 0.15) is 12.0 Å². The zero-order chi connectivity index (χ0) is 21.0. The minimum Gasteiger partial charge on any atom is -0.494 e. The Labute approximate surface area is 170 Å². The highest BCUT2D eigenvalue weighted by molar-refractivity contribution is 8.15. The van der Waals surface area contributed by atoms with Gasteiger partial charge in [0.25, 0.3) is 0 Å². The number of halogens is 2. The largest absolute Gasteiger partial charge is 0.494 e. The van der Waals surface area contributed by atoms with E-state index in [-0.39, 0.29) is 24.8 Å². The molecule has 0 aromatic heterocycles. The van der Waals surface area contributed by atoms with E-state index in [4.69, 9.17) is 4.74 Å². The lowest BCUT2D eigenvalue weighted by Crippen LogP contribution is -2.33. The molecule has 1 aliphatic rings. The van der Waals surface area contributed by atoms with Gasteiger partial charge in [-0.15, -0.1) is 0 Å². The number of aliphatic imine (C=N–C) groups is 1. The highest BCUT2D eigenvalue weighted by atomic mass is 32.2. The summed E-state index contributed by atoms with van der Waals surface area (Å²) in [4.78, 5) is 30.6. The summed E-state index contributed by atoms with van der Waals surface area (Å²) in [6, 6.07) is 10.5. The molecule has 9 heteroatoms.